The third-order valence-electron chi connectivity index (χ3n) is 4.92. The fraction of sp³-hybridized carbons (Fsp3) is 0.368. The molecular weight excluding hydrogens is 352 g/mol. The number of benzene rings is 1. The largest absolute Gasteiger partial charge is 0.369 e. The maximum absolute atomic E-state index is 13.4. The molecule has 1 aliphatic heterocycles. The molecule has 6 heteroatoms. The van der Waals surface area contributed by atoms with Crippen LogP contribution in [0.1, 0.15) is 30.7 Å². The number of thiophene rings is 1. The second-order valence-corrected chi connectivity index (χ2v) is 8.38. The zero-order chi connectivity index (χ0) is 17.6. The van der Waals surface area contributed by atoms with E-state index in [1.54, 1.807) is 15.9 Å². The van der Waals surface area contributed by atoms with Gasteiger partial charge in [-0.15, -0.1) is 11.3 Å². The Morgan fingerprint density at radius 3 is 2.80 bits per heavy atom. The van der Waals surface area contributed by atoms with E-state index in [0.717, 1.165) is 44.3 Å². The zero-order valence-electron chi connectivity index (χ0n) is 14.5. The first kappa shape index (κ1) is 16.8. The highest BCUT2D eigenvalue weighted by Crippen LogP contribution is 2.38. The Kier molecular flexibility index (Phi) is 4.22. The monoisotopic (exact) mass is 372 g/mol. The number of thioether (sulfide) groups is 1. The fourth-order valence-corrected chi connectivity index (χ4v) is 4.97. The molecule has 0 saturated carbocycles. The van der Waals surface area contributed by atoms with E-state index in [-0.39, 0.29) is 11.2 Å². The molecule has 1 aromatic carbocycles. The summed E-state index contributed by atoms with van der Waals surface area (Å²) in [6, 6.07) is 9.75. The minimum Gasteiger partial charge on any atom is -0.369 e. The summed E-state index contributed by atoms with van der Waals surface area (Å²) in [7, 11) is 0. The van der Waals surface area contributed by atoms with Crippen LogP contribution in [0.4, 0.5) is 0 Å². The van der Waals surface area contributed by atoms with Crippen LogP contribution in [0.25, 0.3) is 15.9 Å². The van der Waals surface area contributed by atoms with E-state index in [4.69, 9.17) is 9.72 Å². The predicted molar refractivity (Wildman–Crippen MR) is 104 cm³/mol. The van der Waals surface area contributed by atoms with Crippen LogP contribution in [0.3, 0.4) is 0 Å². The Labute approximate surface area is 154 Å². The van der Waals surface area contributed by atoms with Crippen LogP contribution in [0, 0.1) is 0 Å². The molecule has 0 radical (unpaired) electrons. The second-order valence-electron chi connectivity index (χ2n) is 6.53. The number of hydrogen-bond donors (Lipinski definition) is 0. The highest BCUT2D eigenvalue weighted by Gasteiger charge is 2.33. The van der Waals surface area contributed by atoms with Crippen molar-refractivity contribution in [3.63, 3.8) is 0 Å². The number of nitrogens with zero attached hydrogens (tertiary/aromatic N) is 2. The van der Waals surface area contributed by atoms with Gasteiger partial charge < -0.3 is 4.74 Å². The fourth-order valence-electron chi connectivity index (χ4n) is 3.27. The van der Waals surface area contributed by atoms with Gasteiger partial charge in [0.1, 0.15) is 4.83 Å². The summed E-state index contributed by atoms with van der Waals surface area (Å²) in [5.41, 5.74) is 1.81. The van der Waals surface area contributed by atoms with Crippen molar-refractivity contribution in [2.75, 3.05) is 6.26 Å². The maximum atomic E-state index is 13.4. The topological polar surface area (TPSA) is 44.1 Å². The van der Waals surface area contributed by atoms with Crippen LogP contribution in [-0.2, 0) is 17.8 Å². The molecule has 4 rings (SSSR count). The average molecular weight is 373 g/mol. The smallest absolute Gasteiger partial charge is 0.267 e. The average Bonchev–Trinajstić information content (AvgIpc) is 2.99. The minimum absolute atomic E-state index is 0.0263. The summed E-state index contributed by atoms with van der Waals surface area (Å²) in [6.45, 7) is 4.82. The highest BCUT2D eigenvalue weighted by molar-refractivity contribution is 7.98. The van der Waals surface area contributed by atoms with Gasteiger partial charge in [-0.25, -0.2) is 4.98 Å². The molecule has 0 amide bonds. The number of para-hydroxylation sites is 1. The molecule has 1 aliphatic rings. The number of hydrogen-bond acceptors (Lipinski definition) is 5. The van der Waals surface area contributed by atoms with Gasteiger partial charge in [-0.05, 0) is 37.3 Å². The van der Waals surface area contributed by atoms with E-state index in [9.17, 15) is 4.79 Å². The molecule has 0 spiro atoms. The molecule has 130 valence electrons. The molecule has 3 aromatic rings. The van der Waals surface area contributed by atoms with Crippen LogP contribution < -0.4 is 5.56 Å². The lowest BCUT2D eigenvalue weighted by atomic mass is 9.90. The quantitative estimate of drug-likeness (QED) is 0.505. The van der Waals surface area contributed by atoms with Crippen molar-refractivity contribution >= 4 is 33.3 Å². The summed E-state index contributed by atoms with van der Waals surface area (Å²) >= 11 is 3.09. The number of fused-ring (bicyclic) bond motifs is 3. The first-order valence-corrected chi connectivity index (χ1v) is 10.4. The lowest BCUT2D eigenvalue weighted by Crippen LogP contribution is -2.34. The standard InChI is InChI=1S/C19H20N2O2S2/c1-4-19(2)10-13-14(11-23-19)25-16-15(13)17(22)21(18(20-16)24-3)12-8-6-5-7-9-12/h5-9H,4,10-11H2,1-3H3/t19-/m1/s1. The Morgan fingerprint density at radius 1 is 1.36 bits per heavy atom. The molecular formula is C19H20N2O2S2. The molecule has 0 N–H and O–H groups in total. The van der Waals surface area contributed by atoms with E-state index in [0.29, 0.717) is 6.61 Å². The van der Waals surface area contributed by atoms with Crippen molar-refractivity contribution < 1.29 is 4.74 Å². The van der Waals surface area contributed by atoms with Crippen LogP contribution >= 0.6 is 23.1 Å². The predicted octanol–water partition coefficient (Wildman–Crippen LogP) is 4.41. The van der Waals surface area contributed by atoms with Crippen molar-refractivity contribution in [1.29, 1.82) is 0 Å². The van der Waals surface area contributed by atoms with Gasteiger partial charge in [0.05, 0.1) is 23.3 Å². The molecule has 0 fully saturated rings. The van der Waals surface area contributed by atoms with E-state index in [1.165, 1.54) is 11.8 Å². The third kappa shape index (κ3) is 2.72. The third-order valence-corrected chi connectivity index (χ3v) is 6.66. The first-order valence-electron chi connectivity index (χ1n) is 8.37. The van der Waals surface area contributed by atoms with Crippen molar-refractivity contribution in [2.45, 2.75) is 44.1 Å². The minimum atomic E-state index is -0.205. The van der Waals surface area contributed by atoms with Gasteiger partial charge >= 0.3 is 0 Å². The van der Waals surface area contributed by atoms with E-state index < -0.39 is 0 Å². The molecule has 0 saturated heterocycles. The molecule has 0 bridgehead atoms. The van der Waals surface area contributed by atoms with Gasteiger partial charge in [0.25, 0.3) is 5.56 Å². The van der Waals surface area contributed by atoms with Gasteiger partial charge in [-0.2, -0.15) is 0 Å². The number of aromatic nitrogens is 2. The van der Waals surface area contributed by atoms with E-state index in [1.807, 2.05) is 36.6 Å². The van der Waals surface area contributed by atoms with Crippen molar-refractivity contribution in [3.05, 3.63) is 51.1 Å². The van der Waals surface area contributed by atoms with Gasteiger partial charge in [0.2, 0.25) is 0 Å². The SMILES string of the molecule is CC[C@]1(C)Cc2c(sc3nc(SC)n(-c4ccccc4)c(=O)c23)CO1. The van der Waals surface area contributed by atoms with Gasteiger partial charge in [0, 0.05) is 11.3 Å². The Balaban J connectivity index is 2.01. The van der Waals surface area contributed by atoms with E-state index >= 15 is 0 Å². The summed E-state index contributed by atoms with van der Waals surface area (Å²) in [5.74, 6) is 0. The van der Waals surface area contributed by atoms with Gasteiger partial charge in [0.15, 0.2) is 5.16 Å². The number of ether oxygens (including phenoxy) is 1. The molecule has 4 nitrogen and oxygen atoms in total. The maximum Gasteiger partial charge on any atom is 0.267 e. The zero-order valence-corrected chi connectivity index (χ0v) is 16.2. The van der Waals surface area contributed by atoms with Crippen molar-refractivity contribution in [3.8, 4) is 5.69 Å². The summed E-state index contributed by atoms with van der Waals surface area (Å²) in [4.78, 5) is 20.2. The van der Waals surface area contributed by atoms with Crippen LogP contribution in [-0.4, -0.2) is 21.4 Å². The lowest BCUT2D eigenvalue weighted by molar-refractivity contribution is -0.0543. The van der Waals surface area contributed by atoms with Gasteiger partial charge in [-0.1, -0.05) is 36.9 Å². The first-order chi connectivity index (χ1) is 12.1. The van der Waals surface area contributed by atoms with Crippen molar-refractivity contribution in [2.24, 2.45) is 0 Å². The van der Waals surface area contributed by atoms with Gasteiger partial charge in [-0.3, -0.25) is 9.36 Å². The lowest BCUT2D eigenvalue weighted by Gasteiger charge is -2.32. The molecule has 2 aromatic heterocycles. The van der Waals surface area contributed by atoms with Crippen LogP contribution in [0.15, 0.2) is 40.3 Å². The summed E-state index contributed by atoms with van der Waals surface area (Å²) < 4.78 is 7.79. The molecule has 0 unspecified atom stereocenters. The summed E-state index contributed by atoms with van der Waals surface area (Å²) in [6.07, 6.45) is 3.65. The molecule has 3 heterocycles. The van der Waals surface area contributed by atoms with Crippen LogP contribution in [0.2, 0.25) is 0 Å². The van der Waals surface area contributed by atoms with Crippen LogP contribution in [0.5, 0.6) is 0 Å². The van der Waals surface area contributed by atoms with Crippen molar-refractivity contribution in [1.82, 2.24) is 9.55 Å². The molecule has 25 heavy (non-hydrogen) atoms. The Morgan fingerprint density at radius 2 is 2.12 bits per heavy atom. The second kappa shape index (κ2) is 6.27. The Bertz CT molecular complexity index is 994. The molecule has 0 aliphatic carbocycles. The molecule has 1 atom stereocenters. The normalized spacial score (nSPS) is 20.0. The highest BCUT2D eigenvalue weighted by atomic mass is 32.2. The van der Waals surface area contributed by atoms with E-state index in [2.05, 4.69) is 13.8 Å². The number of rotatable bonds is 3. The summed E-state index contributed by atoms with van der Waals surface area (Å²) in [5, 5.41) is 1.49. The Hall–Kier alpha value is -1.63.